The number of nitrogens with one attached hydrogen (secondary N) is 1. The molecule has 1 heterocycles. The van der Waals surface area contributed by atoms with Crippen molar-refractivity contribution in [3.05, 3.63) is 40.7 Å². The predicted molar refractivity (Wildman–Crippen MR) is 89.5 cm³/mol. The van der Waals surface area contributed by atoms with Gasteiger partial charge in [-0.25, -0.2) is 10.2 Å². The quantitative estimate of drug-likeness (QED) is 0.600. The maximum absolute atomic E-state index is 12.1. The molecule has 0 aliphatic rings. The highest BCUT2D eigenvalue weighted by Gasteiger charge is 2.20. The molecule has 0 saturated heterocycles. The topological polar surface area (TPSA) is 115 Å². The lowest BCUT2D eigenvalue weighted by Gasteiger charge is -2.12. The number of carbonyl (C=O) groups is 2. The molecule has 9 nitrogen and oxygen atoms in total. The second kappa shape index (κ2) is 7.47. The van der Waals surface area contributed by atoms with E-state index in [2.05, 4.69) is 15.6 Å². The summed E-state index contributed by atoms with van der Waals surface area (Å²) >= 11 is 0. The van der Waals surface area contributed by atoms with E-state index in [9.17, 15) is 14.7 Å². The molecule has 0 aliphatic heterocycles. The highest BCUT2D eigenvalue weighted by Crippen LogP contribution is 2.32. The summed E-state index contributed by atoms with van der Waals surface area (Å²) in [6, 6.07) is 4.68. The first-order valence-electron chi connectivity index (χ1n) is 7.21. The van der Waals surface area contributed by atoms with Crippen molar-refractivity contribution >= 4 is 18.1 Å². The number of benzene rings is 1. The van der Waals surface area contributed by atoms with Gasteiger partial charge in [0.05, 0.1) is 26.1 Å². The van der Waals surface area contributed by atoms with Gasteiger partial charge in [0.2, 0.25) is 0 Å². The Bertz CT molecular complexity index is 841. The van der Waals surface area contributed by atoms with Crippen LogP contribution in [0.2, 0.25) is 0 Å². The highest BCUT2D eigenvalue weighted by atomic mass is 16.5. The predicted octanol–water partition coefficient (Wildman–Crippen LogP) is 1.21. The molecular weight excluding hydrogens is 328 g/mol. The van der Waals surface area contributed by atoms with Gasteiger partial charge in [-0.2, -0.15) is 10.2 Å². The van der Waals surface area contributed by atoms with Crippen molar-refractivity contribution in [1.29, 1.82) is 0 Å². The number of carboxylic acids is 1. The molecule has 1 aromatic heterocycles. The van der Waals surface area contributed by atoms with Gasteiger partial charge in [0.25, 0.3) is 5.91 Å². The zero-order chi connectivity index (χ0) is 18.6. The zero-order valence-electron chi connectivity index (χ0n) is 14.2. The van der Waals surface area contributed by atoms with Crippen molar-refractivity contribution in [2.24, 2.45) is 12.1 Å². The minimum atomic E-state index is -1.20. The van der Waals surface area contributed by atoms with Gasteiger partial charge in [-0.3, -0.25) is 9.48 Å². The third-order valence-electron chi connectivity index (χ3n) is 3.40. The van der Waals surface area contributed by atoms with Crippen LogP contribution in [0.3, 0.4) is 0 Å². The summed E-state index contributed by atoms with van der Waals surface area (Å²) in [4.78, 5) is 23.6. The van der Waals surface area contributed by atoms with E-state index in [-0.39, 0.29) is 22.6 Å². The van der Waals surface area contributed by atoms with E-state index in [1.807, 2.05) is 0 Å². The molecule has 1 amide bonds. The van der Waals surface area contributed by atoms with Gasteiger partial charge in [0.1, 0.15) is 11.3 Å². The van der Waals surface area contributed by atoms with E-state index in [1.54, 1.807) is 26.1 Å². The Hall–Kier alpha value is -3.36. The number of aromatic carboxylic acids is 1. The second-order valence-electron chi connectivity index (χ2n) is 5.06. The van der Waals surface area contributed by atoms with Crippen molar-refractivity contribution < 1.29 is 24.2 Å². The molecule has 132 valence electrons. The van der Waals surface area contributed by atoms with E-state index in [0.717, 1.165) is 0 Å². The van der Waals surface area contributed by atoms with Gasteiger partial charge in [-0.15, -0.1) is 0 Å². The van der Waals surface area contributed by atoms with Crippen LogP contribution in [0.25, 0.3) is 0 Å². The van der Waals surface area contributed by atoms with Gasteiger partial charge in [0.15, 0.2) is 11.5 Å². The molecule has 0 fully saturated rings. The molecule has 2 aromatic rings. The van der Waals surface area contributed by atoms with Crippen molar-refractivity contribution in [2.45, 2.75) is 6.92 Å². The Morgan fingerprint density at radius 3 is 2.56 bits per heavy atom. The van der Waals surface area contributed by atoms with Crippen LogP contribution in [0, 0.1) is 6.92 Å². The first kappa shape index (κ1) is 18.0. The fraction of sp³-hybridized carbons (Fsp3) is 0.250. The Morgan fingerprint density at radius 2 is 2.04 bits per heavy atom. The van der Waals surface area contributed by atoms with Crippen molar-refractivity contribution in [1.82, 2.24) is 15.2 Å². The minimum absolute atomic E-state index is 0.0764. The summed E-state index contributed by atoms with van der Waals surface area (Å²) < 4.78 is 11.6. The summed E-state index contributed by atoms with van der Waals surface area (Å²) in [5.74, 6) is -1.30. The van der Waals surface area contributed by atoms with Crippen LogP contribution in [0.4, 0.5) is 0 Å². The average molecular weight is 346 g/mol. The maximum atomic E-state index is 12.1. The van der Waals surface area contributed by atoms with Gasteiger partial charge >= 0.3 is 5.97 Å². The molecule has 0 saturated carbocycles. The number of rotatable bonds is 6. The molecule has 0 radical (unpaired) electrons. The Labute approximate surface area is 143 Å². The minimum Gasteiger partial charge on any atom is -0.493 e. The highest BCUT2D eigenvalue weighted by molar-refractivity contribution is 6.02. The fourth-order valence-electron chi connectivity index (χ4n) is 2.31. The van der Waals surface area contributed by atoms with E-state index >= 15 is 0 Å². The third-order valence-corrected chi connectivity index (χ3v) is 3.40. The Balaban J connectivity index is 2.27. The molecule has 0 unspecified atom stereocenters. The number of carbonyl (C=O) groups excluding carboxylic acids is 1. The number of nitrogens with zero attached hydrogens (tertiary/aromatic N) is 3. The van der Waals surface area contributed by atoms with Crippen LogP contribution in [0.1, 0.15) is 32.1 Å². The molecule has 0 bridgehead atoms. The molecule has 9 heteroatoms. The third kappa shape index (κ3) is 3.77. The van der Waals surface area contributed by atoms with E-state index in [1.165, 1.54) is 31.2 Å². The molecule has 0 spiro atoms. The van der Waals surface area contributed by atoms with E-state index < -0.39 is 11.9 Å². The smallest absolute Gasteiger partial charge is 0.340 e. The van der Waals surface area contributed by atoms with E-state index in [4.69, 9.17) is 9.47 Å². The summed E-state index contributed by atoms with van der Waals surface area (Å²) in [7, 11) is 4.40. The van der Waals surface area contributed by atoms with Crippen molar-refractivity contribution in [3.8, 4) is 11.5 Å². The standard InChI is InChI=1S/C16H18N4O5/c1-9-7-11(20(2)19-9)15(21)18-17-8-10-5-6-12(24-3)14(25-4)13(10)16(22)23/h5-8H,1-4H3,(H,18,21)(H,22,23)/b17-8+. The number of methoxy groups -OCH3 is 2. The fourth-order valence-corrected chi connectivity index (χ4v) is 2.31. The van der Waals surface area contributed by atoms with Crippen LogP contribution in [0.5, 0.6) is 11.5 Å². The first-order valence-corrected chi connectivity index (χ1v) is 7.21. The lowest BCUT2D eigenvalue weighted by Crippen LogP contribution is -2.21. The van der Waals surface area contributed by atoms with Crippen LogP contribution in [-0.2, 0) is 7.05 Å². The number of aryl methyl sites for hydroxylation is 2. The first-order chi connectivity index (χ1) is 11.9. The summed E-state index contributed by atoms with van der Waals surface area (Å²) in [6.45, 7) is 1.77. The summed E-state index contributed by atoms with van der Waals surface area (Å²) in [5.41, 5.74) is 3.51. The van der Waals surface area contributed by atoms with Crippen LogP contribution in [0.15, 0.2) is 23.3 Å². The van der Waals surface area contributed by atoms with E-state index in [0.29, 0.717) is 11.4 Å². The Kier molecular flexibility index (Phi) is 5.38. The summed E-state index contributed by atoms with van der Waals surface area (Å²) in [6.07, 6.45) is 1.23. The molecule has 25 heavy (non-hydrogen) atoms. The number of aromatic nitrogens is 2. The van der Waals surface area contributed by atoms with Crippen LogP contribution >= 0.6 is 0 Å². The van der Waals surface area contributed by atoms with Gasteiger partial charge in [0, 0.05) is 12.6 Å². The maximum Gasteiger partial charge on any atom is 0.340 e. The van der Waals surface area contributed by atoms with Crippen molar-refractivity contribution in [2.75, 3.05) is 14.2 Å². The normalized spacial score (nSPS) is 10.7. The molecule has 0 aliphatic carbocycles. The van der Waals surface area contributed by atoms with Gasteiger partial charge in [-0.1, -0.05) is 0 Å². The Morgan fingerprint density at radius 1 is 1.32 bits per heavy atom. The number of carboxylic acid groups (broad SMARTS) is 1. The zero-order valence-corrected chi connectivity index (χ0v) is 14.2. The van der Waals surface area contributed by atoms with Crippen LogP contribution < -0.4 is 14.9 Å². The molecule has 2 N–H and O–H groups in total. The molecule has 2 rings (SSSR count). The SMILES string of the molecule is COc1ccc(/C=N/NC(=O)c2cc(C)nn2C)c(C(=O)O)c1OC. The van der Waals surface area contributed by atoms with Gasteiger partial charge in [-0.05, 0) is 25.1 Å². The number of hydrogen-bond donors (Lipinski definition) is 2. The average Bonchev–Trinajstić information content (AvgIpc) is 2.92. The lowest BCUT2D eigenvalue weighted by atomic mass is 10.1. The monoisotopic (exact) mass is 346 g/mol. The number of hydrogen-bond acceptors (Lipinski definition) is 6. The van der Waals surface area contributed by atoms with Crippen LogP contribution in [-0.4, -0.2) is 47.2 Å². The number of ether oxygens (including phenoxy) is 2. The van der Waals surface area contributed by atoms with Gasteiger partial charge < -0.3 is 14.6 Å². The number of amides is 1. The molecular formula is C16H18N4O5. The molecule has 0 atom stereocenters. The summed E-state index contributed by atoms with van der Waals surface area (Å²) in [5, 5.41) is 17.3. The second-order valence-corrected chi connectivity index (χ2v) is 5.06. The molecule has 1 aromatic carbocycles. The lowest BCUT2D eigenvalue weighted by molar-refractivity contribution is 0.0692. The number of hydrazone groups is 1. The van der Waals surface area contributed by atoms with Crippen molar-refractivity contribution in [3.63, 3.8) is 0 Å². The largest absolute Gasteiger partial charge is 0.493 e.